The third-order valence-electron chi connectivity index (χ3n) is 6.58. The number of benzene rings is 2. The number of carboxylic acids is 1. The Morgan fingerprint density at radius 1 is 0.925 bits per heavy atom. The molecular formula is C31H39N3O6. The van der Waals surface area contributed by atoms with E-state index in [2.05, 4.69) is 23.8 Å². The van der Waals surface area contributed by atoms with Gasteiger partial charge in [0.05, 0.1) is 7.11 Å². The first-order valence-corrected chi connectivity index (χ1v) is 13.7. The molecule has 214 valence electrons. The molecule has 0 bridgehead atoms. The number of aryl methyl sites for hydroxylation is 1. The van der Waals surface area contributed by atoms with Crippen molar-refractivity contribution in [2.24, 2.45) is 0 Å². The smallest absolute Gasteiger partial charge is 0.348 e. The van der Waals surface area contributed by atoms with Crippen molar-refractivity contribution in [3.63, 3.8) is 0 Å². The number of amides is 1. The van der Waals surface area contributed by atoms with Crippen LogP contribution in [0.2, 0.25) is 0 Å². The van der Waals surface area contributed by atoms with Crippen LogP contribution in [0.25, 0.3) is 0 Å². The van der Waals surface area contributed by atoms with E-state index < -0.39 is 17.7 Å². The lowest BCUT2D eigenvalue weighted by molar-refractivity contribution is -0.169. The maximum atomic E-state index is 13.5. The van der Waals surface area contributed by atoms with Crippen LogP contribution in [0.3, 0.4) is 0 Å². The molecule has 0 saturated carbocycles. The molecule has 1 unspecified atom stereocenters. The molecule has 0 aliphatic rings. The van der Waals surface area contributed by atoms with Gasteiger partial charge < -0.3 is 24.2 Å². The molecule has 0 radical (unpaired) electrons. The number of ether oxygens (including phenoxy) is 3. The fraction of sp³-hybridized carbons (Fsp3) is 0.419. The van der Waals surface area contributed by atoms with Gasteiger partial charge in [0.25, 0.3) is 0 Å². The van der Waals surface area contributed by atoms with Gasteiger partial charge in [-0.25, -0.2) is 9.78 Å². The van der Waals surface area contributed by atoms with Crippen molar-refractivity contribution in [1.29, 1.82) is 0 Å². The summed E-state index contributed by atoms with van der Waals surface area (Å²) in [5, 5.41) is 10.6. The summed E-state index contributed by atoms with van der Waals surface area (Å²) in [6.07, 6.45) is 1.97. The Morgan fingerprint density at radius 3 is 1.95 bits per heavy atom. The second kappa shape index (κ2) is 15.0. The van der Waals surface area contributed by atoms with Crippen molar-refractivity contribution in [3.05, 3.63) is 83.6 Å². The summed E-state index contributed by atoms with van der Waals surface area (Å²) >= 11 is 0. The number of rotatable bonds is 16. The highest BCUT2D eigenvalue weighted by Gasteiger charge is 2.50. The minimum atomic E-state index is -1.72. The summed E-state index contributed by atoms with van der Waals surface area (Å²) in [4.78, 5) is 36.8. The van der Waals surface area contributed by atoms with Gasteiger partial charge in [-0.05, 0) is 30.9 Å². The van der Waals surface area contributed by atoms with Crippen molar-refractivity contribution in [2.45, 2.75) is 58.2 Å². The molecular weight excluding hydrogens is 510 g/mol. The van der Waals surface area contributed by atoms with Crippen LogP contribution in [-0.4, -0.2) is 64.8 Å². The van der Waals surface area contributed by atoms with Crippen LogP contribution in [0, 0.1) is 6.92 Å². The van der Waals surface area contributed by atoms with Gasteiger partial charge in [-0.2, -0.15) is 4.98 Å². The minimum absolute atomic E-state index is 0.178. The first-order valence-electron chi connectivity index (χ1n) is 13.7. The molecule has 1 atom stereocenters. The summed E-state index contributed by atoms with van der Waals surface area (Å²) in [6.45, 7) is 6.75. The number of aliphatic carboxylic acids is 1. The number of carboxylic acid groups (broad SMARTS) is 1. The number of unbranched alkanes of at least 4 members (excludes halogenated alkanes) is 2. The SMILES string of the molecule is CCCCN(CCCC)C(=O)COC(c1ccccc1)(c1ccccc1)C(Oc1nc(C)cc(OC)n1)C(=O)O. The van der Waals surface area contributed by atoms with E-state index in [9.17, 15) is 14.7 Å². The van der Waals surface area contributed by atoms with E-state index in [-0.39, 0.29) is 24.4 Å². The van der Waals surface area contributed by atoms with E-state index in [4.69, 9.17) is 14.2 Å². The van der Waals surface area contributed by atoms with Gasteiger partial charge in [0.1, 0.15) is 6.61 Å². The van der Waals surface area contributed by atoms with Crippen molar-refractivity contribution < 1.29 is 28.9 Å². The largest absolute Gasteiger partial charge is 0.481 e. The maximum absolute atomic E-state index is 13.5. The van der Waals surface area contributed by atoms with Gasteiger partial charge in [0.2, 0.25) is 17.9 Å². The number of methoxy groups -OCH3 is 1. The van der Waals surface area contributed by atoms with Crippen LogP contribution in [0.5, 0.6) is 11.9 Å². The van der Waals surface area contributed by atoms with E-state index in [0.717, 1.165) is 25.7 Å². The minimum Gasteiger partial charge on any atom is -0.481 e. The summed E-state index contributed by atoms with van der Waals surface area (Å²) in [7, 11) is 1.45. The average Bonchev–Trinajstić information content (AvgIpc) is 2.97. The van der Waals surface area contributed by atoms with Crippen LogP contribution in [0.15, 0.2) is 66.7 Å². The molecule has 0 saturated heterocycles. The fourth-order valence-electron chi connectivity index (χ4n) is 4.49. The van der Waals surface area contributed by atoms with Crippen LogP contribution < -0.4 is 9.47 Å². The van der Waals surface area contributed by atoms with Crippen LogP contribution in [0.4, 0.5) is 0 Å². The number of hydrogen-bond acceptors (Lipinski definition) is 7. The lowest BCUT2D eigenvalue weighted by Crippen LogP contribution is -2.52. The predicted octanol–water partition coefficient (Wildman–Crippen LogP) is 5.01. The topological polar surface area (TPSA) is 111 Å². The van der Waals surface area contributed by atoms with Gasteiger partial charge in [-0.1, -0.05) is 87.4 Å². The first-order chi connectivity index (χ1) is 19.3. The van der Waals surface area contributed by atoms with Gasteiger partial charge in [0.15, 0.2) is 5.60 Å². The molecule has 0 fully saturated rings. The van der Waals surface area contributed by atoms with Gasteiger partial charge in [-0.3, -0.25) is 4.79 Å². The molecule has 3 aromatic rings. The quantitative estimate of drug-likeness (QED) is 0.265. The first kappa shape index (κ1) is 30.6. The molecule has 9 heteroatoms. The molecule has 0 spiro atoms. The Kier molecular flexibility index (Phi) is 11.4. The van der Waals surface area contributed by atoms with Crippen LogP contribution in [-0.2, 0) is 19.9 Å². The Balaban J connectivity index is 2.13. The second-order valence-corrected chi connectivity index (χ2v) is 9.51. The van der Waals surface area contributed by atoms with E-state index in [1.54, 1.807) is 66.4 Å². The lowest BCUT2D eigenvalue weighted by Gasteiger charge is -2.39. The molecule has 9 nitrogen and oxygen atoms in total. The number of nitrogens with zero attached hydrogens (tertiary/aromatic N) is 3. The number of aromatic nitrogens is 2. The zero-order valence-electron chi connectivity index (χ0n) is 23.7. The fourth-order valence-corrected chi connectivity index (χ4v) is 4.49. The third kappa shape index (κ3) is 7.57. The van der Waals surface area contributed by atoms with Crippen molar-refractivity contribution in [1.82, 2.24) is 14.9 Å². The highest BCUT2D eigenvalue weighted by molar-refractivity contribution is 5.79. The zero-order valence-corrected chi connectivity index (χ0v) is 23.7. The molecule has 1 amide bonds. The lowest BCUT2D eigenvalue weighted by atomic mass is 9.81. The highest BCUT2D eigenvalue weighted by Crippen LogP contribution is 2.39. The second-order valence-electron chi connectivity index (χ2n) is 9.51. The summed E-state index contributed by atoms with van der Waals surface area (Å²) in [5.74, 6) is -1.29. The molecule has 2 aromatic carbocycles. The number of carbonyl (C=O) groups is 2. The highest BCUT2D eigenvalue weighted by atomic mass is 16.6. The monoisotopic (exact) mass is 549 g/mol. The Morgan fingerprint density at radius 2 is 1.48 bits per heavy atom. The zero-order chi connectivity index (χ0) is 29.0. The molecule has 0 aliphatic heterocycles. The van der Waals surface area contributed by atoms with Crippen LogP contribution in [0.1, 0.15) is 56.4 Å². The van der Waals surface area contributed by atoms with E-state index >= 15 is 0 Å². The molecule has 40 heavy (non-hydrogen) atoms. The maximum Gasteiger partial charge on any atom is 0.348 e. The van der Waals surface area contributed by atoms with Crippen LogP contribution >= 0.6 is 0 Å². The van der Waals surface area contributed by atoms with Gasteiger partial charge >= 0.3 is 12.0 Å². The van der Waals surface area contributed by atoms with Gasteiger partial charge in [-0.15, -0.1) is 0 Å². The predicted molar refractivity (Wildman–Crippen MR) is 151 cm³/mol. The standard InChI is InChI=1S/C31H39N3O6/c1-5-7-19-34(20-8-6-2)27(35)22-39-31(24-15-11-9-12-16-24,25-17-13-10-14-18-25)28(29(36)37)40-30-32-23(3)21-26(33-30)38-4/h9-18,21,28H,5-8,19-20,22H2,1-4H3,(H,36,37). The number of carbonyl (C=O) groups excluding carboxylic acids is 1. The van der Waals surface area contributed by atoms with Crippen molar-refractivity contribution >= 4 is 11.9 Å². The molecule has 3 rings (SSSR count). The Hall–Kier alpha value is -3.98. The average molecular weight is 550 g/mol. The normalized spacial score (nSPS) is 12.0. The Bertz CT molecular complexity index is 1170. The van der Waals surface area contributed by atoms with Crippen molar-refractivity contribution in [3.8, 4) is 11.9 Å². The summed E-state index contributed by atoms with van der Waals surface area (Å²) < 4.78 is 17.8. The van der Waals surface area contributed by atoms with Gasteiger partial charge in [0, 0.05) is 24.8 Å². The summed E-state index contributed by atoms with van der Waals surface area (Å²) in [6, 6.07) is 19.3. The molecule has 1 heterocycles. The van der Waals surface area contributed by atoms with Crippen molar-refractivity contribution in [2.75, 3.05) is 26.8 Å². The van der Waals surface area contributed by atoms with E-state index in [1.165, 1.54) is 7.11 Å². The number of hydrogen-bond donors (Lipinski definition) is 1. The third-order valence-corrected chi connectivity index (χ3v) is 6.58. The molecule has 1 N–H and O–H groups in total. The summed E-state index contributed by atoms with van der Waals surface area (Å²) in [5.41, 5.74) is -0.162. The van der Waals surface area contributed by atoms with E-state index in [0.29, 0.717) is 29.9 Å². The van der Waals surface area contributed by atoms with E-state index in [1.807, 2.05) is 12.1 Å². The Labute approximate surface area is 236 Å². The molecule has 1 aromatic heterocycles. The molecule has 0 aliphatic carbocycles.